The van der Waals surface area contributed by atoms with Crippen LogP contribution in [0.1, 0.15) is 0 Å². The number of hydrogen-bond donors (Lipinski definition) is 2. The summed E-state index contributed by atoms with van der Waals surface area (Å²) in [6.45, 7) is -2.92. The van der Waals surface area contributed by atoms with Crippen LogP contribution in [-0.2, 0) is 28.7 Å². The Morgan fingerprint density at radius 1 is 1.00 bits per heavy atom. The first-order valence-electron chi connectivity index (χ1n) is 4.93. The maximum absolute atomic E-state index is 11.3. The van der Waals surface area contributed by atoms with Crippen molar-refractivity contribution in [2.24, 2.45) is 0 Å². The van der Waals surface area contributed by atoms with E-state index in [1.165, 1.54) is 0 Å². The van der Waals surface area contributed by atoms with Crippen molar-refractivity contribution in [2.75, 3.05) is 33.0 Å². The van der Waals surface area contributed by atoms with Gasteiger partial charge in [0.05, 0.1) is 0 Å². The zero-order valence-corrected chi connectivity index (χ0v) is 9.33. The molecule has 9 nitrogen and oxygen atoms in total. The summed E-state index contributed by atoms with van der Waals surface area (Å²) in [4.78, 5) is 44.1. The van der Waals surface area contributed by atoms with Crippen LogP contribution in [0.3, 0.4) is 0 Å². The van der Waals surface area contributed by atoms with Gasteiger partial charge in [-0.15, -0.1) is 0 Å². The minimum atomic E-state index is -1.32. The van der Waals surface area contributed by atoms with Gasteiger partial charge in [0, 0.05) is 0 Å². The average molecular weight is 262 g/mol. The Morgan fingerprint density at radius 3 is 1.72 bits per heavy atom. The number of carboxylic acid groups (broad SMARTS) is 2. The van der Waals surface area contributed by atoms with E-state index >= 15 is 0 Å². The van der Waals surface area contributed by atoms with Crippen molar-refractivity contribution in [3.8, 4) is 0 Å². The molecule has 0 spiro atoms. The number of carboxylic acids is 2. The number of carbonyl (C=O) groups is 4. The van der Waals surface area contributed by atoms with Crippen molar-refractivity contribution in [2.45, 2.75) is 0 Å². The summed E-state index contributed by atoms with van der Waals surface area (Å²) in [5.41, 5.74) is 0. The lowest BCUT2D eigenvalue weighted by molar-refractivity contribution is -0.901. The van der Waals surface area contributed by atoms with E-state index in [1.807, 2.05) is 0 Å². The van der Waals surface area contributed by atoms with Gasteiger partial charge in [-0.2, -0.15) is 0 Å². The van der Waals surface area contributed by atoms with E-state index in [1.54, 1.807) is 0 Å². The quantitative estimate of drug-likeness (QED) is 0.441. The summed E-state index contributed by atoms with van der Waals surface area (Å²) in [7, 11) is 0. The molecule has 9 heteroatoms. The number of ether oxygens (including phenoxy) is 2. The zero-order valence-electron chi connectivity index (χ0n) is 9.33. The van der Waals surface area contributed by atoms with Gasteiger partial charge < -0.3 is 19.7 Å². The summed E-state index contributed by atoms with van der Waals surface area (Å²) in [5, 5.41) is 17.5. The molecule has 0 aromatic heterocycles. The second kappa shape index (κ2) is 5.45. The van der Waals surface area contributed by atoms with Gasteiger partial charge in [0.25, 0.3) is 0 Å². The summed E-state index contributed by atoms with van der Waals surface area (Å²) in [5.74, 6) is -4.27. The third-order valence-corrected chi connectivity index (χ3v) is 2.31. The first-order chi connectivity index (χ1) is 8.33. The highest BCUT2D eigenvalue weighted by atomic mass is 16.7. The number of aliphatic carboxylic acids is 2. The number of carbonyl (C=O) groups excluding carboxylic acids is 2. The number of nitrogens with zero attached hydrogens (tertiary/aromatic N) is 1. The Bertz CT molecular complexity index is 354. The third-order valence-electron chi connectivity index (χ3n) is 2.31. The highest BCUT2D eigenvalue weighted by Crippen LogP contribution is 2.10. The number of esters is 2. The molecule has 1 rings (SSSR count). The predicted molar refractivity (Wildman–Crippen MR) is 52.1 cm³/mol. The van der Waals surface area contributed by atoms with Gasteiger partial charge in [0.15, 0.2) is 26.2 Å². The van der Waals surface area contributed by atoms with E-state index in [0.717, 1.165) is 0 Å². The monoisotopic (exact) mass is 262 g/mol. The number of cyclic esters (lactones) is 2. The summed E-state index contributed by atoms with van der Waals surface area (Å²) >= 11 is 0. The second-order valence-corrected chi connectivity index (χ2v) is 3.91. The highest BCUT2D eigenvalue weighted by molar-refractivity contribution is 5.77. The van der Waals surface area contributed by atoms with Crippen LogP contribution in [0, 0.1) is 0 Å². The largest absolute Gasteiger partial charge is 0.477 e. The zero-order chi connectivity index (χ0) is 13.8. The first kappa shape index (κ1) is 13.9. The van der Waals surface area contributed by atoms with Crippen LogP contribution in [0.2, 0.25) is 0 Å². The maximum Gasteiger partial charge on any atom is 0.364 e. The fourth-order valence-electron chi connectivity index (χ4n) is 1.71. The standard InChI is InChI=1S/C9H11NO8/c11-6(12)1-10(2-7(13)14)3-8(15)17-5-18-9(16)4-10/h1-5H2,(H-,11,12,13,14)/p+1. The van der Waals surface area contributed by atoms with Crippen LogP contribution in [0.5, 0.6) is 0 Å². The Morgan fingerprint density at radius 2 is 1.39 bits per heavy atom. The van der Waals surface area contributed by atoms with Crippen LogP contribution >= 0.6 is 0 Å². The van der Waals surface area contributed by atoms with Gasteiger partial charge in [0.2, 0.25) is 6.79 Å². The van der Waals surface area contributed by atoms with Crippen molar-refractivity contribution in [3.05, 3.63) is 0 Å². The van der Waals surface area contributed by atoms with Gasteiger partial charge >= 0.3 is 23.9 Å². The Kier molecular flexibility index (Phi) is 4.21. The molecule has 0 bridgehead atoms. The third kappa shape index (κ3) is 4.01. The van der Waals surface area contributed by atoms with Crippen molar-refractivity contribution in [1.29, 1.82) is 0 Å². The van der Waals surface area contributed by atoms with E-state index in [-0.39, 0.29) is 0 Å². The van der Waals surface area contributed by atoms with Crippen LogP contribution in [0.25, 0.3) is 0 Å². The Hall–Kier alpha value is -2.16. The molecular formula is C9H12NO8+. The lowest BCUT2D eigenvalue weighted by Crippen LogP contribution is -2.60. The van der Waals surface area contributed by atoms with Crippen LogP contribution < -0.4 is 0 Å². The number of hydrogen-bond acceptors (Lipinski definition) is 6. The van der Waals surface area contributed by atoms with Crippen molar-refractivity contribution < 1.29 is 43.3 Å². The molecule has 100 valence electrons. The van der Waals surface area contributed by atoms with Crippen LogP contribution in [0.15, 0.2) is 0 Å². The van der Waals surface area contributed by atoms with E-state index in [9.17, 15) is 19.2 Å². The summed E-state index contributed by atoms with van der Waals surface area (Å²) in [6.07, 6.45) is 0. The van der Waals surface area contributed by atoms with Gasteiger partial charge in [-0.25, -0.2) is 19.2 Å². The van der Waals surface area contributed by atoms with Crippen molar-refractivity contribution in [3.63, 3.8) is 0 Å². The normalized spacial score (nSPS) is 19.1. The molecule has 0 unspecified atom stereocenters. The molecule has 1 saturated heterocycles. The maximum atomic E-state index is 11.3. The summed E-state index contributed by atoms with van der Waals surface area (Å²) < 4.78 is 8.21. The minimum absolute atomic E-state index is 0.506. The molecular weight excluding hydrogens is 250 g/mol. The Labute approximate surface area is 101 Å². The molecule has 2 N–H and O–H groups in total. The van der Waals surface area contributed by atoms with E-state index in [0.29, 0.717) is 0 Å². The minimum Gasteiger partial charge on any atom is -0.477 e. The SMILES string of the molecule is O=C(O)C[N+]1(CC(=O)O)CC(=O)OCOC(=O)C1. The number of quaternary nitrogens is 1. The van der Waals surface area contributed by atoms with Crippen LogP contribution in [-0.4, -0.2) is 71.5 Å². The van der Waals surface area contributed by atoms with Gasteiger partial charge in [-0.05, 0) is 0 Å². The molecule has 0 atom stereocenters. The summed E-state index contributed by atoms with van der Waals surface area (Å²) in [6, 6.07) is 0. The van der Waals surface area contributed by atoms with Gasteiger partial charge in [0.1, 0.15) is 0 Å². The van der Waals surface area contributed by atoms with E-state index < -0.39 is 61.3 Å². The molecule has 1 fully saturated rings. The van der Waals surface area contributed by atoms with Crippen molar-refractivity contribution >= 4 is 23.9 Å². The molecule has 0 aromatic carbocycles. The molecule has 0 aliphatic carbocycles. The molecule has 18 heavy (non-hydrogen) atoms. The first-order valence-corrected chi connectivity index (χ1v) is 4.93. The Balaban J connectivity index is 2.99. The molecule has 0 saturated carbocycles. The molecule has 0 amide bonds. The molecule has 1 aliphatic rings. The van der Waals surface area contributed by atoms with Gasteiger partial charge in [-0.1, -0.05) is 0 Å². The number of rotatable bonds is 4. The fourth-order valence-corrected chi connectivity index (χ4v) is 1.71. The predicted octanol–water partition coefficient (Wildman–Crippen LogP) is -1.97. The van der Waals surface area contributed by atoms with E-state index in [4.69, 9.17) is 10.2 Å². The molecule has 1 heterocycles. The smallest absolute Gasteiger partial charge is 0.364 e. The van der Waals surface area contributed by atoms with Crippen LogP contribution in [0.4, 0.5) is 0 Å². The average Bonchev–Trinajstić information content (AvgIpc) is 2.11. The lowest BCUT2D eigenvalue weighted by atomic mass is 10.3. The lowest BCUT2D eigenvalue weighted by Gasteiger charge is -2.34. The molecule has 0 aromatic rings. The molecule has 1 aliphatic heterocycles. The topological polar surface area (TPSA) is 127 Å². The molecule has 0 radical (unpaired) electrons. The van der Waals surface area contributed by atoms with Crippen molar-refractivity contribution in [1.82, 2.24) is 0 Å². The second-order valence-electron chi connectivity index (χ2n) is 3.91. The fraction of sp³-hybridized carbons (Fsp3) is 0.556. The van der Waals surface area contributed by atoms with E-state index in [2.05, 4.69) is 9.47 Å². The van der Waals surface area contributed by atoms with Gasteiger partial charge in [-0.3, -0.25) is 4.48 Å². The highest BCUT2D eigenvalue weighted by Gasteiger charge is 2.40.